The van der Waals surface area contributed by atoms with Gasteiger partial charge in [-0.25, -0.2) is 12.8 Å². The maximum absolute atomic E-state index is 13.4. The molecule has 3 aromatic carbocycles. The number of amides is 1. The lowest BCUT2D eigenvalue weighted by molar-refractivity contribution is -0.122. The van der Waals surface area contributed by atoms with Crippen molar-refractivity contribution >= 4 is 15.9 Å². The van der Waals surface area contributed by atoms with Gasteiger partial charge in [-0.15, -0.1) is 0 Å². The predicted molar refractivity (Wildman–Crippen MR) is 125 cm³/mol. The van der Waals surface area contributed by atoms with Crippen LogP contribution >= 0.6 is 0 Å². The molecule has 0 aliphatic heterocycles. The van der Waals surface area contributed by atoms with Gasteiger partial charge < -0.3 is 10.1 Å². The fourth-order valence-electron chi connectivity index (χ4n) is 3.43. The zero-order valence-electron chi connectivity index (χ0n) is 18.8. The maximum atomic E-state index is 13.4. The summed E-state index contributed by atoms with van der Waals surface area (Å²) in [5.74, 6) is -0.262. The summed E-state index contributed by atoms with van der Waals surface area (Å²) >= 11 is 0. The van der Waals surface area contributed by atoms with Gasteiger partial charge in [-0.1, -0.05) is 48.0 Å². The first-order valence-electron chi connectivity index (χ1n) is 10.4. The number of rotatable bonds is 9. The third-order valence-corrected chi connectivity index (χ3v) is 7.04. The van der Waals surface area contributed by atoms with E-state index < -0.39 is 34.3 Å². The molecule has 8 heteroatoms. The minimum Gasteiger partial charge on any atom is -0.496 e. The van der Waals surface area contributed by atoms with Gasteiger partial charge in [-0.05, 0) is 49.7 Å². The smallest absolute Gasteiger partial charge is 0.243 e. The van der Waals surface area contributed by atoms with Crippen LogP contribution in [0.4, 0.5) is 4.39 Å². The topological polar surface area (TPSA) is 75.7 Å². The van der Waals surface area contributed by atoms with Crippen molar-refractivity contribution < 1.29 is 22.3 Å². The number of nitrogens with zero attached hydrogens (tertiary/aromatic N) is 1. The van der Waals surface area contributed by atoms with E-state index in [0.717, 1.165) is 15.4 Å². The lowest BCUT2D eigenvalue weighted by Gasteiger charge is -2.24. The number of aryl methyl sites for hydroxylation is 1. The van der Waals surface area contributed by atoms with Crippen molar-refractivity contribution in [2.75, 3.05) is 13.7 Å². The molecule has 0 heterocycles. The van der Waals surface area contributed by atoms with Crippen LogP contribution in [-0.2, 0) is 21.4 Å². The van der Waals surface area contributed by atoms with E-state index in [4.69, 9.17) is 4.74 Å². The Morgan fingerprint density at radius 2 is 1.67 bits per heavy atom. The molecule has 0 aliphatic carbocycles. The van der Waals surface area contributed by atoms with Crippen LogP contribution in [0.1, 0.15) is 29.7 Å². The van der Waals surface area contributed by atoms with Crippen LogP contribution in [0, 0.1) is 12.7 Å². The number of benzene rings is 3. The van der Waals surface area contributed by atoms with E-state index in [9.17, 15) is 17.6 Å². The summed E-state index contributed by atoms with van der Waals surface area (Å²) in [4.78, 5) is 13.0. The molecule has 33 heavy (non-hydrogen) atoms. The van der Waals surface area contributed by atoms with E-state index in [1.807, 2.05) is 25.1 Å². The second-order valence-electron chi connectivity index (χ2n) is 7.74. The monoisotopic (exact) mass is 470 g/mol. The highest BCUT2D eigenvalue weighted by Gasteiger charge is 2.27. The number of methoxy groups -OCH3 is 1. The molecule has 0 radical (unpaired) electrons. The van der Waals surface area contributed by atoms with Crippen molar-refractivity contribution in [2.45, 2.75) is 31.3 Å². The molecule has 1 N–H and O–H groups in total. The second kappa shape index (κ2) is 10.6. The second-order valence-corrected chi connectivity index (χ2v) is 9.68. The molecule has 1 atom stereocenters. The van der Waals surface area contributed by atoms with Gasteiger partial charge in [0.15, 0.2) is 0 Å². The van der Waals surface area contributed by atoms with Gasteiger partial charge >= 0.3 is 0 Å². The first kappa shape index (κ1) is 24.4. The highest BCUT2D eigenvalue weighted by molar-refractivity contribution is 7.89. The Balaban J connectivity index is 1.84. The molecule has 6 nitrogen and oxygen atoms in total. The summed E-state index contributed by atoms with van der Waals surface area (Å²) in [6.07, 6.45) is 0. The first-order chi connectivity index (χ1) is 15.7. The van der Waals surface area contributed by atoms with Gasteiger partial charge in [0.05, 0.1) is 24.6 Å². The summed E-state index contributed by atoms with van der Waals surface area (Å²) in [5.41, 5.74) is 2.26. The Hall–Kier alpha value is -3.23. The Labute approximate surface area is 194 Å². The molecule has 0 spiro atoms. The number of sulfonamides is 1. The summed E-state index contributed by atoms with van der Waals surface area (Å²) in [6.45, 7) is 3.19. The SMILES string of the molecule is COc1ccccc1[C@@H](C)NC(=O)CN(Cc1ccc(F)cc1)S(=O)(=O)c1ccc(C)cc1. The molecular formula is C25H27FN2O4S. The number of ether oxygens (including phenoxy) is 1. The van der Waals surface area contributed by atoms with Gasteiger partial charge in [0.25, 0.3) is 0 Å². The molecule has 3 aromatic rings. The van der Waals surface area contributed by atoms with Crippen molar-refractivity contribution in [1.29, 1.82) is 0 Å². The third kappa shape index (κ3) is 6.18. The normalized spacial score (nSPS) is 12.4. The molecule has 0 unspecified atom stereocenters. The molecule has 0 saturated heterocycles. The zero-order chi connectivity index (χ0) is 24.0. The van der Waals surface area contributed by atoms with Crippen molar-refractivity contribution in [3.63, 3.8) is 0 Å². The number of hydrogen-bond acceptors (Lipinski definition) is 4. The van der Waals surface area contributed by atoms with Crippen molar-refractivity contribution in [2.24, 2.45) is 0 Å². The van der Waals surface area contributed by atoms with Crippen LogP contribution in [0.15, 0.2) is 77.7 Å². The zero-order valence-corrected chi connectivity index (χ0v) is 19.6. The Morgan fingerprint density at radius 1 is 1.03 bits per heavy atom. The molecule has 0 saturated carbocycles. The average molecular weight is 471 g/mol. The lowest BCUT2D eigenvalue weighted by atomic mass is 10.1. The summed E-state index contributed by atoms with van der Waals surface area (Å²) in [5, 5.41) is 2.84. The van der Waals surface area contributed by atoms with Crippen molar-refractivity contribution in [3.05, 3.63) is 95.3 Å². The maximum Gasteiger partial charge on any atom is 0.243 e. The van der Waals surface area contributed by atoms with Crippen LogP contribution in [0.3, 0.4) is 0 Å². The van der Waals surface area contributed by atoms with Gasteiger partial charge in [0.1, 0.15) is 11.6 Å². The molecule has 3 rings (SSSR count). The number of hydrogen-bond donors (Lipinski definition) is 1. The minimum absolute atomic E-state index is 0.0764. The van der Waals surface area contributed by atoms with E-state index in [1.54, 1.807) is 32.2 Å². The molecule has 1 amide bonds. The first-order valence-corrected chi connectivity index (χ1v) is 11.9. The molecule has 0 aromatic heterocycles. The summed E-state index contributed by atoms with van der Waals surface area (Å²) in [7, 11) is -2.43. The van der Waals surface area contributed by atoms with Gasteiger partial charge in [0, 0.05) is 12.1 Å². The Bertz CT molecular complexity index is 1200. The number of carbonyl (C=O) groups excluding carboxylic acids is 1. The van der Waals surface area contributed by atoms with Crippen LogP contribution in [0.5, 0.6) is 5.75 Å². The average Bonchev–Trinajstić information content (AvgIpc) is 2.80. The Kier molecular flexibility index (Phi) is 7.84. The molecule has 0 fully saturated rings. The van der Waals surface area contributed by atoms with E-state index in [2.05, 4.69) is 5.32 Å². The highest BCUT2D eigenvalue weighted by atomic mass is 32.2. The van der Waals surface area contributed by atoms with E-state index in [1.165, 1.54) is 36.4 Å². The third-order valence-electron chi connectivity index (χ3n) is 5.23. The lowest BCUT2D eigenvalue weighted by Crippen LogP contribution is -2.41. The number of halogens is 1. The fraction of sp³-hybridized carbons (Fsp3) is 0.240. The largest absolute Gasteiger partial charge is 0.496 e. The summed E-state index contributed by atoms with van der Waals surface area (Å²) < 4.78 is 46.5. The standard InChI is InChI=1S/C25H27FN2O4S/c1-18-8-14-22(15-9-18)33(30,31)28(16-20-10-12-21(26)13-11-20)17-25(29)27-19(2)23-6-4-5-7-24(23)32-3/h4-15,19H,16-17H2,1-3H3,(H,27,29)/t19-/m1/s1. The molecular weight excluding hydrogens is 443 g/mol. The number of nitrogens with one attached hydrogen (secondary N) is 1. The van der Waals surface area contributed by atoms with E-state index in [0.29, 0.717) is 11.3 Å². The van der Waals surface area contributed by atoms with Crippen LogP contribution in [-0.4, -0.2) is 32.3 Å². The van der Waals surface area contributed by atoms with Crippen molar-refractivity contribution in [1.82, 2.24) is 9.62 Å². The van der Waals surface area contributed by atoms with Crippen LogP contribution in [0.2, 0.25) is 0 Å². The quantitative estimate of drug-likeness (QED) is 0.508. The van der Waals surface area contributed by atoms with Gasteiger partial charge in [0.2, 0.25) is 15.9 Å². The van der Waals surface area contributed by atoms with Crippen LogP contribution < -0.4 is 10.1 Å². The van der Waals surface area contributed by atoms with Gasteiger partial charge in [-0.2, -0.15) is 4.31 Å². The minimum atomic E-state index is -3.98. The van der Waals surface area contributed by atoms with Crippen LogP contribution in [0.25, 0.3) is 0 Å². The van der Waals surface area contributed by atoms with E-state index >= 15 is 0 Å². The fourth-order valence-corrected chi connectivity index (χ4v) is 4.81. The Morgan fingerprint density at radius 3 is 2.30 bits per heavy atom. The molecule has 0 aliphatic rings. The highest BCUT2D eigenvalue weighted by Crippen LogP contribution is 2.25. The molecule has 174 valence electrons. The molecule has 0 bridgehead atoms. The number of para-hydroxylation sites is 1. The van der Waals surface area contributed by atoms with Crippen molar-refractivity contribution in [3.8, 4) is 5.75 Å². The summed E-state index contributed by atoms with van der Waals surface area (Å²) in [6, 6.07) is 18.8. The number of carbonyl (C=O) groups is 1. The van der Waals surface area contributed by atoms with Gasteiger partial charge in [-0.3, -0.25) is 4.79 Å². The van der Waals surface area contributed by atoms with E-state index in [-0.39, 0.29) is 11.4 Å². The predicted octanol–water partition coefficient (Wildman–Crippen LogP) is 4.21.